The number of carbonyl (C=O) groups is 3. The summed E-state index contributed by atoms with van der Waals surface area (Å²) in [5.41, 5.74) is 3.90. The van der Waals surface area contributed by atoms with Gasteiger partial charge < -0.3 is 5.73 Å². The van der Waals surface area contributed by atoms with Gasteiger partial charge in [-0.1, -0.05) is 20.8 Å². The second kappa shape index (κ2) is 3.75. The number of hydrogen-bond donors (Lipinski definition) is 1. The van der Waals surface area contributed by atoms with Gasteiger partial charge in [-0.3, -0.25) is 19.3 Å². The van der Waals surface area contributed by atoms with Crippen molar-refractivity contribution in [2.75, 3.05) is 0 Å². The lowest BCUT2D eigenvalue weighted by atomic mass is 9.94. The maximum atomic E-state index is 13.2. The predicted octanol–water partition coefficient (Wildman–Crippen LogP) is 0.281. The summed E-state index contributed by atoms with van der Waals surface area (Å²) in [7, 11) is 0. The Morgan fingerprint density at radius 2 is 1.88 bits per heavy atom. The Bertz CT molecular complexity index is 388. The number of alkyl halides is 2. The average molecular weight is 248 g/mol. The van der Waals surface area contributed by atoms with E-state index in [1.165, 1.54) is 20.8 Å². The van der Waals surface area contributed by atoms with Crippen LogP contribution >= 0.6 is 0 Å². The van der Waals surface area contributed by atoms with Crippen LogP contribution in [0, 0.1) is 5.41 Å². The zero-order valence-electron chi connectivity index (χ0n) is 9.79. The monoisotopic (exact) mass is 248 g/mol. The van der Waals surface area contributed by atoms with Gasteiger partial charge in [-0.25, -0.2) is 0 Å². The maximum absolute atomic E-state index is 13.2. The van der Waals surface area contributed by atoms with E-state index in [-0.39, 0.29) is 0 Å². The molecule has 5 nitrogen and oxygen atoms in total. The van der Waals surface area contributed by atoms with E-state index >= 15 is 0 Å². The van der Waals surface area contributed by atoms with E-state index in [0.717, 1.165) is 0 Å². The van der Waals surface area contributed by atoms with Gasteiger partial charge in [0.2, 0.25) is 11.8 Å². The standard InChI is InChI=1S/C10H14F2N2O3/c1-9(2,3)7(16)14-5(6(13)15)4-10(11,12)8(14)17/h5H,4H2,1-3H3,(H2,13,15)/t5-/m0/s1. The molecular weight excluding hydrogens is 234 g/mol. The van der Waals surface area contributed by atoms with Crippen molar-refractivity contribution in [3.63, 3.8) is 0 Å². The Kier molecular flexibility index (Phi) is 2.98. The lowest BCUT2D eigenvalue weighted by Gasteiger charge is -2.27. The van der Waals surface area contributed by atoms with Crippen LogP contribution in [0.5, 0.6) is 0 Å². The van der Waals surface area contributed by atoms with Crippen molar-refractivity contribution >= 4 is 17.7 Å². The molecule has 1 rings (SSSR count). The Balaban J connectivity index is 3.15. The van der Waals surface area contributed by atoms with Gasteiger partial charge in [-0.15, -0.1) is 0 Å². The summed E-state index contributed by atoms with van der Waals surface area (Å²) in [6.07, 6.45) is -1.04. The zero-order valence-corrected chi connectivity index (χ0v) is 9.79. The Morgan fingerprint density at radius 3 is 2.24 bits per heavy atom. The molecule has 0 bridgehead atoms. The molecule has 1 saturated heterocycles. The molecule has 2 N–H and O–H groups in total. The topological polar surface area (TPSA) is 80.5 Å². The van der Waals surface area contributed by atoms with Crippen LogP contribution in [0.4, 0.5) is 8.78 Å². The zero-order chi connectivity index (χ0) is 13.6. The average Bonchev–Trinajstić information content (AvgIpc) is 2.36. The second-order valence-electron chi connectivity index (χ2n) is 5.06. The molecule has 0 aliphatic carbocycles. The van der Waals surface area contributed by atoms with Crippen molar-refractivity contribution in [2.45, 2.75) is 39.2 Å². The summed E-state index contributed by atoms with van der Waals surface area (Å²) in [6.45, 7) is 4.41. The lowest BCUT2D eigenvalue weighted by molar-refractivity contribution is -0.159. The molecule has 0 radical (unpaired) electrons. The molecule has 1 fully saturated rings. The number of imide groups is 1. The molecular formula is C10H14F2N2O3. The van der Waals surface area contributed by atoms with E-state index in [0.29, 0.717) is 4.90 Å². The van der Waals surface area contributed by atoms with Crippen molar-refractivity contribution < 1.29 is 23.2 Å². The summed E-state index contributed by atoms with van der Waals surface area (Å²) in [5, 5.41) is 0. The molecule has 1 aliphatic rings. The van der Waals surface area contributed by atoms with Gasteiger partial charge >= 0.3 is 5.92 Å². The third kappa shape index (κ3) is 2.27. The molecule has 1 heterocycles. The molecule has 3 amide bonds. The van der Waals surface area contributed by atoms with E-state index < -0.39 is 41.5 Å². The van der Waals surface area contributed by atoms with E-state index in [2.05, 4.69) is 0 Å². The number of rotatable bonds is 1. The number of primary amides is 1. The highest BCUT2D eigenvalue weighted by atomic mass is 19.3. The number of likely N-dealkylation sites (tertiary alicyclic amines) is 1. The SMILES string of the molecule is CC(C)(C)C(=O)N1C(=O)C(F)(F)C[C@H]1C(N)=O. The third-order valence-electron chi connectivity index (χ3n) is 2.48. The summed E-state index contributed by atoms with van der Waals surface area (Å²) >= 11 is 0. The highest BCUT2D eigenvalue weighted by Gasteiger charge is 2.58. The first-order valence-corrected chi connectivity index (χ1v) is 5.03. The van der Waals surface area contributed by atoms with E-state index in [1.54, 1.807) is 0 Å². The first-order valence-electron chi connectivity index (χ1n) is 5.03. The minimum atomic E-state index is -3.71. The molecule has 1 aliphatic heterocycles. The quantitative estimate of drug-likeness (QED) is 0.723. The predicted molar refractivity (Wildman–Crippen MR) is 53.9 cm³/mol. The van der Waals surface area contributed by atoms with Crippen molar-refractivity contribution in [2.24, 2.45) is 11.1 Å². The lowest BCUT2D eigenvalue weighted by Crippen LogP contribution is -2.50. The second-order valence-corrected chi connectivity index (χ2v) is 5.06. The Hall–Kier alpha value is -1.53. The summed E-state index contributed by atoms with van der Waals surface area (Å²) in [4.78, 5) is 34.5. The van der Waals surface area contributed by atoms with Gasteiger partial charge in [0.25, 0.3) is 5.91 Å². The fraction of sp³-hybridized carbons (Fsp3) is 0.700. The maximum Gasteiger partial charge on any atom is 0.327 e. The minimum absolute atomic E-state index is 0.294. The van der Waals surface area contributed by atoms with Gasteiger partial charge in [-0.2, -0.15) is 8.78 Å². The first-order chi connectivity index (χ1) is 7.48. The van der Waals surface area contributed by atoms with Crippen LogP contribution < -0.4 is 5.73 Å². The van der Waals surface area contributed by atoms with Gasteiger partial charge in [0.05, 0.1) is 6.42 Å². The van der Waals surface area contributed by atoms with Crippen molar-refractivity contribution in [1.29, 1.82) is 0 Å². The number of nitrogens with two attached hydrogens (primary N) is 1. The molecule has 96 valence electrons. The van der Waals surface area contributed by atoms with Crippen LogP contribution in [-0.2, 0) is 14.4 Å². The van der Waals surface area contributed by atoms with Crippen molar-refractivity contribution in [3.05, 3.63) is 0 Å². The van der Waals surface area contributed by atoms with Gasteiger partial charge in [0.15, 0.2) is 0 Å². The number of carbonyl (C=O) groups excluding carboxylic acids is 3. The van der Waals surface area contributed by atoms with Crippen molar-refractivity contribution in [1.82, 2.24) is 4.90 Å². The molecule has 0 aromatic carbocycles. The first kappa shape index (κ1) is 13.5. The molecule has 0 unspecified atom stereocenters. The number of nitrogens with zero attached hydrogens (tertiary/aromatic N) is 1. The van der Waals surface area contributed by atoms with E-state index in [1.807, 2.05) is 0 Å². The van der Waals surface area contributed by atoms with Crippen LogP contribution in [0.15, 0.2) is 0 Å². The fourth-order valence-electron chi connectivity index (χ4n) is 1.56. The van der Waals surface area contributed by atoms with Gasteiger partial charge in [-0.05, 0) is 0 Å². The number of amides is 3. The van der Waals surface area contributed by atoms with Crippen LogP contribution in [0.25, 0.3) is 0 Å². The Labute approximate surface area is 96.9 Å². The highest BCUT2D eigenvalue weighted by molar-refractivity contribution is 6.06. The normalized spacial score (nSPS) is 23.9. The molecule has 1 atom stereocenters. The van der Waals surface area contributed by atoms with Crippen LogP contribution in [0.3, 0.4) is 0 Å². The van der Waals surface area contributed by atoms with Crippen LogP contribution in [0.1, 0.15) is 27.2 Å². The fourth-order valence-corrected chi connectivity index (χ4v) is 1.56. The summed E-state index contributed by atoms with van der Waals surface area (Å²) < 4.78 is 26.4. The molecule has 7 heteroatoms. The smallest absolute Gasteiger partial charge is 0.327 e. The summed E-state index contributed by atoms with van der Waals surface area (Å²) in [5.74, 6) is -7.29. The summed E-state index contributed by atoms with van der Waals surface area (Å²) in [6, 6.07) is -1.57. The van der Waals surface area contributed by atoms with Crippen LogP contribution in [0.2, 0.25) is 0 Å². The Morgan fingerprint density at radius 1 is 1.41 bits per heavy atom. The van der Waals surface area contributed by atoms with E-state index in [9.17, 15) is 23.2 Å². The molecule has 0 aromatic heterocycles. The number of hydrogen-bond acceptors (Lipinski definition) is 3. The molecule has 17 heavy (non-hydrogen) atoms. The third-order valence-corrected chi connectivity index (χ3v) is 2.48. The van der Waals surface area contributed by atoms with Gasteiger partial charge in [0, 0.05) is 5.41 Å². The van der Waals surface area contributed by atoms with E-state index in [4.69, 9.17) is 5.73 Å². The molecule has 0 saturated carbocycles. The number of halogens is 2. The van der Waals surface area contributed by atoms with Gasteiger partial charge in [0.1, 0.15) is 6.04 Å². The molecule has 0 aromatic rings. The van der Waals surface area contributed by atoms with Crippen LogP contribution in [-0.4, -0.2) is 34.6 Å². The minimum Gasteiger partial charge on any atom is -0.368 e. The molecule has 0 spiro atoms. The van der Waals surface area contributed by atoms with Crippen molar-refractivity contribution in [3.8, 4) is 0 Å². The highest BCUT2D eigenvalue weighted by Crippen LogP contribution is 2.35. The largest absolute Gasteiger partial charge is 0.368 e.